The Bertz CT molecular complexity index is 2890. The Morgan fingerprint density at radius 2 is 1.08 bits per heavy atom. The van der Waals surface area contributed by atoms with E-state index in [-0.39, 0.29) is 11.8 Å². The van der Waals surface area contributed by atoms with Crippen LogP contribution in [0.5, 0.6) is 0 Å². The molecule has 0 spiro atoms. The van der Waals surface area contributed by atoms with Gasteiger partial charge in [0.1, 0.15) is 5.82 Å². The molecule has 0 amide bonds. The molecule has 1 aliphatic rings. The van der Waals surface area contributed by atoms with Gasteiger partial charge in [0.15, 0.2) is 0 Å². The van der Waals surface area contributed by atoms with Crippen LogP contribution < -0.4 is 0 Å². The third kappa shape index (κ3) is 5.47. The van der Waals surface area contributed by atoms with Gasteiger partial charge in [-0.25, -0.2) is 19.9 Å². The zero-order valence-electron chi connectivity index (χ0n) is 29.2. The third-order valence-corrected chi connectivity index (χ3v) is 10.5. The van der Waals surface area contributed by atoms with E-state index >= 15 is 0 Å². The maximum absolute atomic E-state index is 5.31. The summed E-state index contributed by atoms with van der Waals surface area (Å²) in [5.41, 5.74) is 12.6. The van der Waals surface area contributed by atoms with Crippen LogP contribution in [0.1, 0.15) is 24.4 Å². The number of para-hydroxylation sites is 2. The fraction of sp³-hybridized carbons (Fsp3) is 0.0612. The Hall–Kier alpha value is -6.78. The van der Waals surface area contributed by atoms with Crippen molar-refractivity contribution in [2.45, 2.75) is 12.8 Å². The predicted molar refractivity (Wildman–Crippen MR) is 219 cm³/mol. The molecule has 3 heterocycles. The van der Waals surface area contributed by atoms with Crippen molar-refractivity contribution in [2.75, 3.05) is 0 Å². The molecule has 53 heavy (non-hydrogen) atoms. The van der Waals surface area contributed by atoms with Gasteiger partial charge in [-0.15, -0.1) is 0 Å². The number of benzene rings is 6. The van der Waals surface area contributed by atoms with Gasteiger partial charge in [-0.1, -0.05) is 165 Å². The summed E-state index contributed by atoms with van der Waals surface area (Å²) in [4.78, 5) is 20.9. The van der Waals surface area contributed by atoms with Gasteiger partial charge in [0.05, 0.1) is 33.5 Å². The Morgan fingerprint density at radius 1 is 0.453 bits per heavy atom. The third-order valence-electron chi connectivity index (χ3n) is 10.5. The summed E-state index contributed by atoms with van der Waals surface area (Å²) < 4.78 is 0. The van der Waals surface area contributed by atoms with Crippen molar-refractivity contribution in [1.82, 2.24) is 19.9 Å². The molecule has 9 aromatic rings. The zero-order valence-corrected chi connectivity index (χ0v) is 29.2. The van der Waals surface area contributed by atoms with Crippen LogP contribution in [0, 0.1) is 5.92 Å². The molecule has 10 rings (SSSR count). The molecule has 4 nitrogen and oxygen atoms in total. The lowest BCUT2D eigenvalue weighted by molar-refractivity contribution is 0.607. The first-order chi connectivity index (χ1) is 26.2. The molecule has 2 unspecified atom stereocenters. The van der Waals surface area contributed by atoms with Crippen molar-refractivity contribution in [3.63, 3.8) is 0 Å². The van der Waals surface area contributed by atoms with Gasteiger partial charge < -0.3 is 0 Å². The van der Waals surface area contributed by atoms with Crippen LogP contribution in [0.2, 0.25) is 0 Å². The van der Waals surface area contributed by atoms with E-state index in [0.717, 1.165) is 72.0 Å². The minimum atomic E-state index is 0.0217. The quantitative estimate of drug-likeness (QED) is 0.134. The molecule has 0 saturated heterocycles. The number of hydrogen-bond acceptors (Lipinski definition) is 4. The van der Waals surface area contributed by atoms with Crippen LogP contribution in [0.3, 0.4) is 0 Å². The number of nitrogens with zero attached hydrogens (tertiary/aromatic N) is 4. The van der Waals surface area contributed by atoms with Crippen molar-refractivity contribution in [2.24, 2.45) is 5.92 Å². The maximum atomic E-state index is 5.31. The largest absolute Gasteiger partial charge is 0.246 e. The number of rotatable bonds is 5. The normalized spacial score (nSPS) is 15.7. The maximum Gasteiger partial charge on any atom is 0.137 e. The van der Waals surface area contributed by atoms with E-state index in [1.54, 1.807) is 0 Å². The van der Waals surface area contributed by atoms with Crippen LogP contribution in [0.15, 0.2) is 176 Å². The van der Waals surface area contributed by atoms with E-state index in [2.05, 4.69) is 177 Å². The van der Waals surface area contributed by atoms with Gasteiger partial charge in [-0.3, -0.25) is 0 Å². The number of pyridine rings is 2. The average Bonchev–Trinajstić information content (AvgIpc) is 3.23. The van der Waals surface area contributed by atoms with Crippen LogP contribution in [-0.4, -0.2) is 19.9 Å². The molecule has 6 aromatic carbocycles. The highest BCUT2D eigenvalue weighted by Crippen LogP contribution is 2.39. The molecule has 1 aliphatic carbocycles. The standard InChI is InChI=1S/C49H34N4/c1-31-30-37(42-29-26-36-24-28-41-45(34-14-6-3-7-15-34)39-16-8-10-18-43(39)51-48(41)47(36)50-42)25-27-38(31)49-52-44-19-11-9-17-40(44)46(53-49)35-22-20-33(21-23-35)32-12-4-2-5-13-32/h2-31,38H,1H3. The number of allylic oxidation sites excluding steroid dienone is 4. The van der Waals surface area contributed by atoms with E-state index in [9.17, 15) is 0 Å². The van der Waals surface area contributed by atoms with Crippen LogP contribution in [0.25, 0.3) is 82.7 Å². The summed E-state index contributed by atoms with van der Waals surface area (Å²) >= 11 is 0. The second-order valence-electron chi connectivity index (χ2n) is 13.9. The van der Waals surface area contributed by atoms with Gasteiger partial charge in [0, 0.05) is 38.6 Å². The van der Waals surface area contributed by atoms with E-state index in [4.69, 9.17) is 19.9 Å². The average molecular weight is 679 g/mol. The molecular formula is C49H34N4. The Morgan fingerprint density at radius 3 is 1.83 bits per heavy atom. The smallest absolute Gasteiger partial charge is 0.137 e. The molecule has 0 fully saturated rings. The Balaban J connectivity index is 1.03. The highest BCUT2D eigenvalue weighted by molar-refractivity contribution is 6.16. The molecule has 0 saturated carbocycles. The fourth-order valence-corrected chi connectivity index (χ4v) is 7.85. The molecule has 0 N–H and O–H groups in total. The minimum Gasteiger partial charge on any atom is -0.246 e. The Labute approximate surface area is 307 Å². The lowest BCUT2D eigenvalue weighted by atomic mass is 9.85. The van der Waals surface area contributed by atoms with Crippen LogP contribution in [0.4, 0.5) is 0 Å². The van der Waals surface area contributed by atoms with Gasteiger partial charge in [-0.05, 0) is 46.4 Å². The second kappa shape index (κ2) is 12.8. The molecular weight excluding hydrogens is 645 g/mol. The zero-order chi connectivity index (χ0) is 35.3. The second-order valence-corrected chi connectivity index (χ2v) is 13.9. The van der Waals surface area contributed by atoms with Crippen molar-refractivity contribution < 1.29 is 0 Å². The van der Waals surface area contributed by atoms with E-state index in [1.165, 1.54) is 22.3 Å². The van der Waals surface area contributed by atoms with E-state index in [1.807, 2.05) is 6.07 Å². The van der Waals surface area contributed by atoms with Gasteiger partial charge in [0.25, 0.3) is 0 Å². The highest BCUT2D eigenvalue weighted by Gasteiger charge is 2.24. The predicted octanol–water partition coefficient (Wildman–Crippen LogP) is 12.3. The summed E-state index contributed by atoms with van der Waals surface area (Å²) in [5, 5.41) is 4.37. The first-order valence-electron chi connectivity index (χ1n) is 18.2. The number of fused-ring (bicyclic) bond motifs is 5. The van der Waals surface area contributed by atoms with E-state index < -0.39 is 0 Å². The summed E-state index contributed by atoms with van der Waals surface area (Å²) in [5.74, 6) is 1.00. The summed E-state index contributed by atoms with van der Waals surface area (Å²) in [6, 6.07) is 55.2. The van der Waals surface area contributed by atoms with Crippen LogP contribution >= 0.6 is 0 Å². The first-order valence-corrected chi connectivity index (χ1v) is 18.2. The monoisotopic (exact) mass is 678 g/mol. The summed E-state index contributed by atoms with van der Waals surface area (Å²) in [7, 11) is 0. The van der Waals surface area contributed by atoms with Gasteiger partial charge >= 0.3 is 0 Å². The van der Waals surface area contributed by atoms with Gasteiger partial charge in [-0.2, -0.15) is 0 Å². The molecule has 0 aliphatic heterocycles. The van der Waals surface area contributed by atoms with Crippen LogP contribution in [-0.2, 0) is 0 Å². The summed E-state index contributed by atoms with van der Waals surface area (Å²) in [6.07, 6.45) is 6.75. The molecule has 3 aromatic heterocycles. The molecule has 250 valence electrons. The molecule has 0 bridgehead atoms. The van der Waals surface area contributed by atoms with Crippen molar-refractivity contribution in [3.8, 4) is 33.5 Å². The van der Waals surface area contributed by atoms with Crippen molar-refractivity contribution >= 4 is 49.2 Å². The topological polar surface area (TPSA) is 51.6 Å². The highest BCUT2D eigenvalue weighted by atomic mass is 14.9. The molecule has 2 atom stereocenters. The SMILES string of the molecule is CC1C=C(c2ccc3ccc4c(-c5ccccc5)c5ccccc5nc4c3n2)C=CC1c1nc(-c2ccc(-c3ccccc3)cc2)c2ccccc2n1. The number of hydrogen-bond donors (Lipinski definition) is 0. The first kappa shape index (κ1) is 31.0. The Kier molecular flexibility index (Phi) is 7.47. The van der Waals surface area contributed by atoms with Crippen molar-refractivity contribution in [3.05, 3.63) is 187 Å². The lowest BCUT2D eigenvalue weighted by Gasteiger charge is -2.23. The lowest BCUT2D eigenvalue weighted by Crippen LogP contribution is -2.13. The van der Waals surface area contributed by atoms with E-state index in [0.29, 0.717) is 0 Å². The molecule has 0 radical (unpaired) electrons. The summed E-state index contributed by atoms with van der Waals surface area (Å²) in [6.45, 7) is 2.25. The minimum absolute atomic E-state index is 0.0217. The van der Waals surface area contributed by atoms with Crippen molar-refractivity contribution in [1.29, 1.82) is 0 Å². The van der Waals surface area contributed by atoms with Gasteiger partial charge in [0.2, 0.25) is 0 Å². The fourth-order valence-electron chi connectivity index (χ4n) is 7.85. The number of aromatic nitrogens is 4. The molecule has 4 heteroatoms.